The van der Waals surface area contributed by atoms with E-state index < -0.39 is 23.5 Å². The van der Waals surface area contributed by atoms with Gasteiger partial charge in [0.1, 0.15) is 40.9 Å². The summed E-state index contributed by atoms with van der Waals surface area (Å²) < 4.78 is 22.4. The lowest BCUT2D eigenvalue weighted by Gasteiger charge is -2.25. The number of rotatable bonds is 9. The Morgan fingerprint density at radius 1 is 0.897 bits per heavy atom. The van der Waals surface area contributed by atoms with E-state index in [0.717, 1.165) is 5.56 Å². The summed E-state index contributed by atoms with van der Waals surface area (Å²) in [6, 6.07) is 24.3. The van der Waals surface area contributed by atoms with E-state index in [-0.39, 0.29) is 17.7 Å². The average molecular weight is 526 g/mol. The molecule has 1 amide bonds. The molecule has 1 saturated heterocycles. The van der Waals surface area contributed by atoms with Gasteiger partial charge in [-0.2, -0.15) is 0 Å². The third-order valence-electron chi connectivity index (χ3n) is 6.53. The van der Waals surface area contributed by atoms with Gasteiger partial charge in [-0.1, -0.05) is 48.5 Å². The van der Waals surface area contributed by atoms with Crippen molar-refractivity contribution in [3.63, 3.8) is 0 Å². The Balaban J connectivity index is 1.62. The number of Topliss-reactive ketones (excluding diaryl/α,β-unsaturated/α-hetero) is 1. The topological polar surface area (TPSA) is 98.4 Å². The summed E-state index contributed by atoms with van der Waals surface area (Å²) in [7, 11) is 2.90. The van der Waals surface area contributed by atoms with Crippen LogP contribution in [0.4, 0.5) is 0 Å². The van der Waals surface area contributed by atoms with Crippen LogP contribution in [0.1, 0.15) is 28.5 Å². The molecule has 1 unspecified atom stereocenters. The highest BCUT2D eigenvalue weighted by Gasteiger charge is 2.47. The molecular formula is C31H27NO7. The summed E-state index contributed by atoms with van der Waals surface area (Å²) in [4.78, 5) is 28.2. The molecule has 4 aromatic rings. The number of aliphatic hydroxyl groups excluding tert-OH is 1. The van der Waals surface area contributed by atoms with Crippen molar-refractivity contribution in [2.75, 3.05) is 14.2 Å². The van der Waals surface area contributed by atoms with E-state index >= 15 is 0 Å². The first kappa shape index (κ1) is 25.7. The predicted molar refractivity (Wildman–Crippen MR) is 143 cm³/mol. The highest BCUT2D eigenvalue weighted by atomic mass is 16.5. The first-order valence-electron chi connectivity index (χ1n) is 12.3. The van der Waals surface area contributed by atoms with Gasteiger partial charge in [0, 0.05) is 0 Å². The number of methoxy groups -OCH3 is 2. The molecule has 5 rings (SSSR count). The van der Waals surface area contributed by atoms with E-state index in [1.54, 1.807) is 54.6 Å². The molecule has 198 valence electrons. The maximum atomic E-state index is 13.5. The molecule has 1 aliphatic heterocycles. The number of benzene rings is 3. The van der Waals surface area contributed by atoms with Crippen LogP contribution in [0.5, 0.6) is 17.2 Å². The van der Waals surface area contributed by atoms with Gasteiger partial charge in [0.05, 0.1) is 38.6 Å². The van der Waals surface area contributed by atoms with Crippen molar-refractivity contribution in [1.82, 2.24) is 4.90 Å². The number of carbonyl (C=O) groups excluding carboxylic acids is 2. The summed E-state index contributed by atoms with van der Waals surface area (Å²) in [6.45, 7) is 0.368. The zero-order chi connectivity index (χ0) is 27.4. The van der Waals surface area contributed by atoms with Crippen LogP contribution < -0.4 is 14.2 Å². The van der Waals surface area contributed by atoms with Crippen molar-refractivity contribution >= 4 is 17.4 Å². The van der Waals surface area contributed by atoms with Crippen molar-refractivity contribution in [3.8, 4) is 17.2 Å². The highest BCUT2D eigenvalue weighted by Crippen LogP contribution is 2.44. The molecule has 39 heavy (non-hydrogen) atoms. The Bertz CT molecular complexity index is 1490. The molecule has 1 fully saturated rings. The summed E-state index contributed by atoms with van der Waals surface area (Å²) in [6.07, 6.45) is 1.50. The van der Waals surface area contributed by atoms with Gasteiger partial charge >= 0.3 is 0 Å². The molecule has 1 N–H and O–H groups in total. The number of nitrogens with zero attached hydrogens (tertiary/aromatic N) is 1. The maximum Gasteiger partial charge on any atom is 0.296 e. The first-order chi connectivity index (χ1) is 19.0. The Hall–Kier alpha value is -4.98. The Labute approximate surface area is 225 Å². The molecule has 1 atom stereocenters. The number of ketones is 1. The molecule has 8 nitrogen and oxygen atoms in total. The predicted octanol–water partition coefficient (Wildman–Crippen LogP) is 5.50. The highest BCUT2D eigenvalue weighted by molar-refractivity contribution is 6.46. The van der Waals surface area contributed by atoms with Crippen LogP contribution in [-0.4, -0.2) is 35.9 Å². The Morgan fingerprint density at radius 2 is 1.62 bits per heavy atom. The molecule has 8 heteroatoms. The molecule has 1 aliphatic rings. The van der Waals surface area contributed by atoms with Crippen molar-refractivity contribution in [3.05, 3.63) is 119 Å². The minimum Gasteiger partial charge on any atom is -0.506 e. The smallest absolute Gasteiger partial charge is 0.296 e. The van der Waals surface area contributed by atoms with Gasteiger partial charge in [0.15, 0.2) is 0 Å². The fourth-order valence-corrected chi connectivity index (χ4v) is 4.69. The summed E-state index contributed by atoms with van der Waals surface area (Å²) in [5, 5.41) is 11.6. The Kier molecular flexibility index (Phi) is 7.36. The number of likely N-dealkylation sites (tertiary alicyclic amines) is 1. The van der Waals surface area contributed by atoms with Gasteiger partial charge in [0.2, 0.25) is 0 Å². The molecular weight excluding hydrogens is 498 g/mol. The second-order valence-corrected chi connectivity index (χ2v) is 8.89. The third kappa shape index (κ3) is 5.09. The average Bonchev–Trinajstić information content (AvgIpc) is 3.58. The van der Waals surface area contributed by atoms with E-state index in [4.69, 9.17) is 18.6 Å². The Morgan fingerprint density at radius 3 is 2.28 bits per heavy atom. The first-order valence-corrected chi connectivity index (χ1v) is 12.3. The fourth-order valence-electron chi connectivity index (χ4n) is 4.69. The van der Waals surface area contributed by atoms with Gasteiger partial charge in [-0.25, -0.2) is 0 Å². The summed E-state index contributed by atoms with van der Waals surface area (Å²) in [5.41, 5.74) is 1.67. The number of ether oxygens (including phenoxy) is 3. The van der Waals surface area contributed by atoms with Crippen LogP contribution in [0.2, 0.25) is 0 Å². The molecule has 1 aromatic heterocycles. The lowest BCUT2D eigenvalue weighted by Crippen LogP contribution is -2.29. The largest absolute Gasteiger partial charge is 0.506 e. The standard InChI is InChI=1S/C31H27NO7/c1-36-24-14-7-15-25(37-2)26(24)29(33)27-28(32(31(35)30(27)34)18-23-13-8-16-38-23)21-11-6-12-22(17-21)39-19-20-9-4-3-5-10-20/h3-17,28,33H,18-19H2,1-2H3/b29-27+. The van der Waals surface area contributed by atoms with Crippen LogP contribution in [0.3, 0.4) is 0 Å². The fraction of sp³-hybridized carbons (Fsp3) is 0.161. The second kappa shape index (κ2) is 11.2. The number of amides is 1. The lowest BCUT2D eigenvalue weighted by molar-refractivity contribution is -0.140. The van der Waals surface area contributed by atoms with Gasteiger partial charge in [0.25, 0.3) is 11.7 Å². The zero-order valence-electron chi connectivity index (χ0n) is 21.5. The van der Waals surface area contributed by atoms with E-state index in [9.17, 15) is 14.7 Å². The van der Waals surface area contributed by atoms with E-state index in [1.165, 1.54) is 25.4 Å². The number of furan rings is 1. The minimum absolute atomic E-state index is 0.0250. The summed E-state index contributed by atoms with van der Waals surface area (Å²) >= 11 is 0. The van der Waals surface area contributed by atoms with Gasteiger partial charge in [-0.15, -0.1) is 0 Å². The van der Waals surface area contributed by atoms with Crippen LogP contribution >= 0.6 is 0 Å². The molecule has 0 radical (unpaired) electrons. The molecule has 2 heterocycles. The van der Waals surface area contributed by atoms with Gasteiger partial charge in [-0.05, 0) is 47.5 Å². The number of hydrogen-bond acceptors (Lipinski definition) is 7. The van der Waals surface area contributed by atoms with Crippen LogP contribution in [0.25, 0.3) is 5.76 Å². The lowest BCUT2D eigenvalue weighted by atomic mass is 9.94. The van der Waals surface area contributed by atoms with Gasteiger partial charge in [-0.3, -0.25) is 9.59 Å². The maximum absolute atomic E-state index is 13.5. The number of aliphatic hydroxyl groups is 1. The zero-order valence-corrected chi connectivity index (χ0v) is 21.5. The minimum atomic E-state index is -0.926. The van der Waals surface area contributed by atoms with Crippen LogP contribution in [0, 0.1) is 0 Å². The van der Waals surface area contributed by atoms with Crippen LogP contribution in [-0.2, 0) is 22.7 Å². The molecule has 0 aliphatic carbocycles. The third-order valence-corrected chi connectivity index (χ3v) is 6.53. The van der Waals surface area contributed by atoms with E-state index in [0.29, 0.717) is 35.2 Å². The monoisotopic (exact) mass is 525 g/mol. The number of hydrogen-bond donors (Lipinski definition) is 1. The van der Waals surface area contributed by atoms with Crippen molar-refractivity contribution in [2.45, 2.75) is 19.2 Å². The normalized spacial score (nSPS) is 16.4. The molecule has 3 aromatic carbocycles. The quantitative estimate of drug-likeness (QED) is 0.175. The van der Waals surface area contributed by atoms with Crippen molar-refractivity contribution < 1.29 is 33.3 Å². The van der Waals surface area contributed by atoms with Crippen molar-refractivity contribution in [2.24, 2.45) is 0 Å². The van der Waals surface area contributed by atoms with Crippen molar-refractivity contribution in [1.29, 1.82) is 0 Å². The van der Waals surface area contributed by atoms with E-state index in [2.05, 4.69) is 0 Å². The van der Waals surface area contributed by atoms with Crippen LogP contribution in [0.15, 0.2) is 101 Å². The SMILES string of the molecule is COc1cccc(OC)c1/C(O)=C1\C(=O)C(=O)N(Cc2ccco2)C1c1cccc(OCc2ccccc2)c1. The molecule has 0 bridgehead atoms. The molecule has 0 spiro atoms. The summed E-state index contributed by atoms with van der Waals surface area (Å²) in [5.74, 6) is -0.353. The molecule has 0 saturated carbocycles. The van der Waals surface area contributed by atoms with E-state index in [1.807, 2.05) is 30.3 Å². The second-order valence-electron chi connectivity index (χ2n) is 8.89. The van der Waals surface area contributed by atoms with Gasteiger partial charge < -0.3 is 28.6 Å². The number of carbonyl (C=O) groups is 2.